The summed E-state index contributed by atoms with van der Waals surface area (Å²) in [6.45, 7) is 1.18. The summed E-state index contributed by atoms with van der Waals surface area (Å²) < 4.78 is 0. The number of nitrogens with one attached hydrogen (secondary N) is 1. The highest BCUT2D eigenvalue weighted by Crippen LogP contribution is 2.25. The number of carbonyl (C=O) groups is 1. The van der Waals surface area contributed by atoms with Crippen LogP contribution < -0.4 is 5.32 Å². The van der Waals surface area contributed by atoms with Crippen molar-refractivity contribution in [2.75, 3.05) is 25.0 Å². The number of aliphatic hydroxyl groups excluding tert-OH is 1. The van der Waals surface area contributed by atoms with Gasteiger partial charge in [0.15, 0.2) is 0 Å². The first-order chi connectivity index (χ1) is 9.10. The number of rotatable bonds is 4. The molecule has 1 aromatic carbocycles. The molecule has 1 fully saturated rings. The minimum atomic E-state index is -0.149. The molecule has 1 heterocycles. The number of carbonyl (C=O) groups excluding carboxylic acids is 1. The third kappa shape index (κ3) is 3.83. The Morgan fingerprint density at radius 1 is 1.47 bits per heavy atom. The molecule has 0 spiro atoms. The van der Waals surface area contributed by atoms with E-state index < -0.39 is 0 Å². The molecule has 0 aliphatic carbocycles. The topological polar surface area (TPSA) is 52.6 Å². The van der Waals surface area contributed by atoms with Gasteiger partial charge in [0.2, 0.25) is 5.91 Å². The van der Waals surface area contributed by atoms with Crippen molar-refractivity contribution in [2.45, 2.75) is 18.9 Å². The highest BCUT2D eigenvalue weighted by atomic mass is 35.5. The number of amides is 1. The summed E-state index contributed by atoms with van der Waals surface area (Å²) in [7, 11) is 0. The fourth-order valence-corrected chi connectivity index (χ4v) is 2.61. The van der Waals surface area contributed by atoms with Gasteiger partial charge in [-0.2, -0.15) is 0 Å². The summed E-state index contributed by atoms with van der Waals surface area (Å²) in [4.78, 5) is 13.9. The SMILES string of the molecule is O=C(CN1CCC[C@@H]1CO)Nc1cc(Cl)ccc1Cl. The van der Waals surface area contributed by atoms with E-state index in [4.69, 9.17) is 23.2 Å². The zero-order chi connectivity index (χ0) is 13.8. The molecule has 2 rings (SSSR count). The molecule has 1 aliphatic rings. The zero-order valence-electron chi connectivity index (χ0n) is 10.4. The van der Waals surface area contributed by atoms with Gasteiger partial charge in [-0.25, -0.2) is 0 Å². The van der Waals surface area contributed by atoms with Gasteiger partial charge in [0, 0.05) is 11.1 Å². The maximum atomic E-state index is 12.0. The number of hydrogen-bond donors (Lipinski definition) is 2. The maximum Gasteiger partial charge on any atom is 0.238 e. The van der Waals surface area contributed by atoms with E-state index in [1.54, 1.807) is 18.2 Å². The largest absolute Gasteiger partial charge is 0.395 e. The van der Waals surface area contributed by atoms with Gasteiger partial charge in [0.05, 0.1) is 23.9 Å². The van der Waals surface area contributed by atoms with Crippen molar-refractivity contribution in [3.8, 4) is 0 Å². The predicted molar refractivity (Wildman–Crippen MR) is 76.8 cm³/mol. The van der Waals surface area contributed by atoms with Gasteiger partial charge in [-0.05, 0) is 37.6 Å². The molecule has 1 saturated heterocycles. The monoisotopic (exact) mass is 302 g/mol. The number of hydrogen-bond acceptors (Lipinski definition) is 3. The lowest BCUT2D eigenvalue weighted by atomic mass is 10.2. The van der Waals surface area contributed by atoms with Gasteiger partial charge < -0.3 is 10.4 Å². The van der Waals surface area contributed by atoms with E-state index in [2.05, 4.69) is 5.32 Å². The van der Waals surface area contributed by atoms with Crippen LogP contribution in [0.15, 0.2) is 18.2 Å². The number of anilines is 1. The van der Waals surface area contributed by atoms with Gasteiger partial charge in [0.1, 0.15) is 0 Å². The molecular weight excluding hydrogens is 287 g/mol. The van der Waals surface area contributed by atoms with Crippen LogP contribution in [0.2, 0.25) is 10.0 Å². The van der Waals surface area contributed by atoms with Gasteiger partial charge in [0.25, 0.3) is 0 Å². The maximum absolute atomic E-state index is 12.0. The Morgan fingerprint density at radius 3 is 3.00 bits per heavy atom. The average molecular weight is 303 g/mol. The van der Waals surface area contributed by atoms with Gasteiger partial charge in [-0.1, -0.05) is 23.2 Å². The van der Waals surface area contributed by atoms with Crippen LogP contribution in [-0.2, 0) is 4.79 Å². The van der Waals surface area contributed by atoms with Crippen molar-refractivity contribution in [3.05, 3.63) is 28.2 Å². The number of halogens is 2. The first kappa shape index (κ1) is 14.6. The van der Waals surface area contributed by atoms with Gasteiger partial charge in [-0.15, -0.1) is 0 Å². The Kier molecular flexibility index (Phi) is 5.05. The normalized spacial score (nSPS) is 19.6. The lowest BCUT2D eigenvalue weighted by Crippen LogP contribution is -2.38. The molecule has 0 radical (unpaired) electrons. The molecule has 1 atom stereocenters. The lowest BCUT2D eigenvalue weighted by molar-refractivity contribution is -0.117. The van der Waals surface area contributed by atoms with E-state index in [-0.39, 0.29) is 25.1 Å². The zero-order valence-corrected chi connectivity index (χ0v) is 11.9. The molecule has 1 aromatic rings. The number of likely N-dealkylation sites (tertiary alicyclic amines) is 1. The van der Waals surface area contributed by atoms with Crippen molar-refractivity contribution >= 4 is 34.8 Å². The molecule has 0 unspecified atom stereocenters. The molecular formula is C13H16Cl2N2O2. The average Bonchev–Trinajstić information content (AvgIpc) is 2.81. The fraction of sp³-hybridized carbons (Fsp3) is 0.462. The summed E-state index contributed by atoms with van der Waals surface area (Å²) in [5, 5.41) is 12.9. The predicted octanol–water partition coefficient (Wildman–Crippen LogP) is 2.39. The van der Waals surface area contributed by atoms with E-state index in [0.717, 1.165) is 19.4 Å². The number of nitrogens with zero attached hydrogens (tertiary/aromatic N) is 1. The van der Waals surface area contributed by atoms with Crippen LogP contribution in [0.1, 0.15) is 12.8 Å². The van der Waals surface area contributed by atoms with Crippen LogP contribution in [0.5, 0.6) is 0 Å². The van der Waals surface area contributed by atoms with Crippen molar-refractivity contribution in [1.82, 2.24) is 4.90 Å². The van der Waals surface area contributed by atoms with Gasteiger partial charge >= 0.3 is 0 Å². The van der Waals surface area contributed by atoms with Crippen molar-refractivity contribution in [1.29, 1.82) is 0 Å². The third-order valence-corrected chi connectivity index (χ3v) is 3.82. The molecule has 4 nitrogen and oxygen atoms in total. The lowest BCUT2D eigenvalue weighted by Gasteiger charge is -2.21. The second kappa shape index (κ2) is 6.57. The molecule has 0 saturated carbocycles. The Bertz CT molecular complexity index is 468. The Hall–Kier alpha value is -0.810. The Morgan fingerprint density at radius 2 is 2.26 bits per heavy atom. The Balaban J connectivity index is 1.95. The van der Waals surface area contributed by atoms with Crippen molar-refractivity contribution in [2.24, 2.45) is 0 Å². The molecule has 1 aliphatic heterocycles. The van der Waals surface area contributed by atoms with E-state index in [9.17, 15) is 9.90 Å². The molecule has 19 heavy (non-hydrogen) atoms. The summed E-state index contributed by atoms with van der Waals surface area (Å²) in [6, 6.07) is 5.02. The van der Waals surface area contributed by atoms with Gasteiger partial charge in [-0.3, -0.25) is 9.69 Å². The van der Waals surface area contributed by atoms with E-state index in [1.165, 1.54) is 0 Å². The number of aliphatic hydroxyl groups is 1. The quantitative estimate of drug-likeness (QED) is 0.898. The highest BCUT2D eigenvalue weighted by Gasteiger charge is 2.25. The fourth-order valence-electron chi connectivity index (χ4n) is 2.28. The molecule has 6 heteroatoms. The van der Waals surface area contributed by atoms with Crippen molar-refractivity contribution in [3.63, 3.8) is 0 Å². The van der Waals surface area contributed by atoms with E-state index >= 15 is 0 Å². The van der Waals surface area contributed by atoms with Crippen LogP contribution in [0, 0.1) is 0 Å². The molecule has 2 N–H and O–H groups in total. The van der Waals surface area contributed by atoms with E-state index in [0.29, 0.717) is 15.7 Å². The smallest absolute Gasteiger partial charge is 0.238 e. The third-order valence-electron chi connectivity index (χ3n) is 3.26. The highest BCUT2D eigenvalue weighted by molar-refractivity contribution is 6.35. The minimum Gasteiger partial charge on any atom is -0.395 e. The standard InChI is InChI=1S/C13H16Cl2N2O2/c14-9-3-4-11(15)12(6-9)16-13(19)7-17-5-1-2-10(17)8-18/h3-4,6,10,18H,1-2,5,7-8H2,(H,16,19)/t10-/m1/s1. The molecule has 104 valence electrons. The van der Waals surface area contributed by atoms with Crippen LogP contribution in [-0.4, -0.2) is 41.7 Å². The van der Waals surface area contributed by atoms with Crippen LogP contribution >= 0.6 is 23.2 Å². The van der Waals surface area contributed by atoms with Crippen LogP contribution in [0.4, 0.5) is 5.69 Å². The van der Waals surface area contributed by atoms with Crippen molar-refractivity contribution < 1.29 is 9.90 Å². The van der Waals surface area contributed by atoms with Crippen LogP contribution in [0.25, 0.3) is 0 Å². The molecule has 1 amide bonds. The molecule has 0 bridgehead atoms. The van der Waals surface area contributed by atoms with E-state index in [1.807, 2.05) is 4.90 Å². The second-order valence-electron chi connectivity index (χ2n) is 4.62. The Labute approximate surface area is 122 Å². The first-order valence-electron chi connectivity index (χ1n) is 6.20. The first-order valence-corrected chi connectivity index (χ1v) is 6.95. The summed E-state index contributed by atoms with van der Waals surface area (Å²) in [5.74, 6) is -0.149. The van der Waals surface area contributed by atoms with Crippen LogP contribution in [0.3, 0.4) is 0 Å². The summed E-state index contributed by atoms with van der Waals surface area (Å²) in [6.07, 6.45) is 1.94. The second-order valence-corrected chi connectivity index (χ2v) is 5.47. The minimum absolute atomic E-state index is 0.0839. The summed E-state index contributed by atoms with van der Waals surface area (Å²) in [5.41, 5.74) is 0.513. The number of benzene rings is 1. The summed E-state index contributed by atoms with van der Waals surface area (Å²) >= 11 is 11.8. The molecule has 0 aromatic heterocycles.